The van der Waals surface area contributed by atoms with E-state index in [1.807, 2.05) is 24.4 Å². The number of fused-ring (bicyclic) bond motifs is 1. The fourth-order valence-electron chi connectivity index (χ4n) is 3.25. The maximum atomic E-state index is 12.5. The summed E-state index contributed by atoms with van der Waals surface area (Å²) >= 11 is 0. The van der Waals surface area contributed by atoms with Crippen molar-refractivity contribution >= 4 is 28.4 Å². The molecule has 0 unspecified atom stereocenters. The molecule has 29 heavy (non-hydrogen) atoms. The van der Waals surface area contributed by atoms with Crippen LogP contribution in [0.1, 0.15) is 12.5 Å². The van der Waals surface area contributed by atoms with Gasteiger partial charge in [-0.1, -0.05) is 18.2 Å². The van der Waals surface area contributed by atoms with Crippen molar-refractivity contribution in [1.82, 2.24) is 10.3 Å². The normalized spacial score (nSPS) is 10.6. The summed E-state index contributed by atoms with van der Waals surface area (Å²) in [6, 6.07) is 13.2. The van der Waals surface area contributed by atoms with Crippen molar-refractivity contribution in [1.29, 1.82) is 0 Å². The second kappa shape index (κ2) is 9.14. The number of H-pyrrole nitrogens is 1. The molecule has 2 amide bonds. The Bertz CT molecular complexity index is 1010. The van der Waals surface area contributed by atoms with E-state index in [0.717, 1.165) is 16.5 Å². The number of amides is 2. The first-order valence-electron chi connectivity index (χ1n) is 9.35. The number of ether oxygens (including phenoxy) is 2. The molecule has 0 radical (unpaired) electrons. The lowest BCUT2D eigenvalue weighted by molar-refractivity contribution is -0.123. The van der Waals surface area contributed by atoms with E-state index >= 15 is 0 Å². The van der Waals surface area contributed by atoms with Gasteiger partial charge in [-0.3, -0.25) is 14.5 Å². The Balaban J connectivity index is 1.65. The van der Waals surface area contributed by atoms with Gasteiger partial charge in [0, 0.05) is 36.6 Å². The summed E-state index contributed by atoms with van der Waals surface area (Å²) < 4.78 is 10.6. The summed E-state index contributed by atoms with van der Waals surface area (Å²) in [5.74, 6) is 0.563. The van der Waals surface area contributed by atoms with E-state index in [2.05, 4.69) is 16.4 Å². The molecule has 0 atom stereocenters. The van der Waals surface area contributed by atoms with Gasteiger partial charge in [-0.15, -0.1) is 0 Å². The highest BCUT2D eigenvalue weighted by molar-refractivity contribution is 5.99. The van der Waals surface area contributed by atoms with Gasteiger partial charge in [0.2, 0.25) is 11.8 Å². The van der Waals surface area contributed by atoms with Crippen LogP contribution in [0.2, 0.25) is 0 Å². The number of aromatic nitrogens is 1. The third-order valence-corrected chi connectivity index (χ3v) is 4.75. The van der Waals surface area contributed by atoms with E-state index in [0.29, 0.717) is 30.2 Å². The van der Waals surface area contributed by atoms with Crippen LogP contribution >= 0.6 is 0 Å². The van der Waals surface area contributed by atoms with Gasteiger partial charge in [-0.2, -0.15) is 0 Å². The number of benzene rings is 2. The molecular formula is C22H25N3O4. The van der Waals surface area contributed by atoms with Gasteiger partial charge < -0.3 is 19.8 Å². The average molecular weight is 395 g/mol. The molecule has 0 aliphatic heterocycles. The predicted molar refractivity (Wildman–Crippen MR) is 113 cm³/mol. The third kappa shape index (κ3) is 4.68. The van der Waals surface area contributed by atoms with Crippen LogP contribution in [-0.2, 0) is 16.0 Å². The van der Waals surface area contributed by atoms with Gasteiger partial charge in [0.25, 0.3) is 0 Å². The molecule has 0 saturated heterocycles. The minimum Gasteiger partial charge on any atom is -0.497 e. The zero-order chi connectivity index (χ0) is 20.8. The quantitative estimate of drug-likeness (QED) is 0.614. The van der Waals surface area contributed by atoms with E-state index < -0.39 is 0 Å². The van der Waals surface area contributed by atoms with Crippen LogP contribution in [0.15, 0.2) is 48.7 Å². The van der Waals surface area contributed by atoms with E-state index in [1.54, 1.807) is 25.3 Å². The summed E-state index contributed by atoms with van der Waals surface area (Å²) in [7, 11) is 3.06. The first kappa shape index (κ1) is 20.3. The Labute approximate surface area is 169 Å². The van der Waals surface area contributed by atoms with Crippen LogP contribution in [0.5, 0.6) is 11.5 Å². The molecule has 3 aromatic rings. The van der Waals surface area contributed by atoms with Gasteiger partial charge in [0.05, 0.1) is 19.9 Å². The number of carbonyl (C=O) groups is 2. The van der Waals surface area contributed by atoms with Gasteiger partial charge in [-0.05, 0) is 30.2 Å². The number of nitrogens with one attached hydrogen (secondary N) is 2. The maximum absolute atomic E-state index is 12.5. The Morgan fingerprint density at radius 2 is 1.90 bits per heavy atom. The molecule has 7 nitrogen and oxygen atoms in total. The van der Waals surface area contributed by atoms with Crippen molar-refractivity contribution < 1.29 is 19.1 Å². The molecule has 0 fully saturated rings. The molecule has 7 heteroatoms. The number of methoxy groups -OCH3 is 2. The van der Waals surface area contributed by atoms with Crippen LogP contribution in [0, 0.1) is 0 Å². The summed E-state index contributed by atoms with van der Waals surface area (Å²) in [6.07, 6.45) is 2.65. The standard InChI is InChI=1S/C22H25N3O4/c1-15(26)25(20-12-17(28-2)8-9-21(20)29-3)14-22(27)23-11-10-16-13-24-19-7-5-4-6-18(16)19/h4-9,12-13,24H,10-11,14H2,1-3H3,(H,23,27). The van der Waals surface area contributed by atoms with Crippen molar-refractivity contribution in [3.05, 3.63) is 54.2 Å². The Hall–Kier alpha value is -3.48. The molecule has 1 heterocycles. The number of hydrogen-bond donors (Lipinski definition) is 2. The van der Waals surface area contributed by atoms with Gasteiger partial charge in [-0.25, -0.2) is 0 Å². The molecule has 3 rings (SSSR count). The van der Waals surface area contributed by atoms with E-state index in [-0.39, 0.29) is 18.4 Å². The number of nitrogens with zero attached hydrogens (tertiary/aromatic N) is 1. The van der Waals surface area contributed by atoms with Crippen molar-refractivity contribution in [2.75, 3.05) is 32.2 Å². The minimum atomic E-state index is -0.261. The highest BCUT2D eigenvalue weighted by atomic mass is 16.5. The number of rotatable bonds is 8. The van der Waals surface area contributed by atoms with Crippen molar-refractivity contribution in [3.63, 3.8) is 0 Å². The topological polar surface area (TPSA) is 83.7 Å². The van der Waals surface area contributed by atoms with E-state index in [1.165, 1.54) is 18.9 Å². The molecule has 0 saturated carbocycles. The SMILES string of the molecule is COc1ccc(OC)c(N(CC(=O)NCCc2c[nH]c3ccccc23)C(C)=O)c1. The van der Waals surface area contributed by atoms with E-state index in [4.69, 9.17) is 9.47 Å². The summed E-state index contributed by atoms with van der Waals surface area (Å²) in [6.45, 7) is 1.78. The summed E-state index contributed by atoms with van der Waals surface area (Å²) in [5.41, 5.74) is 2.70. The van der Waals surface area contributed by atoms with Gasteiger partial charge in [0.15, 0.2) is 0 Å². The molecule has 0 bridgehead atoms. The summed E-state index contributed by atoms with van der Waals surface area (Å²) in [5, 5.41) is 4.03. The zero-order valence-electron chi connectivity index (χ0n) is 16.8. The summed E-state index contributed by atoms with van der Waals surface area (Å²) in [4.78, 5) is 29.3. The number of hydrogen-bond acceptors (Lipinski definition) is 4. The predicted octanol–water partition coefficient (Wildman–Crippen LogP) is 2.90. The fourth-order valence-corrected chi connectivity index (χ4v) is 3.25. The van der Waals surface area contributed by atoms with Crippen molar-refractivity contribution in [3.8, 4) is 11.5 Å². The number of para-hydroxylation sites is 1. The smallest absolute Gasteiger partial charge is 0.240 e. The molecule has 1 aromatic heterocycles. The molecular weight excluding hydrogens is 370 g/mol. The van der Waals surface area contributed by atoms with E-state index in [9.17, 15) is 9.59 Å². The maximum Gasteiger partial charge on any atom is 0.240 e. The lowest BCUT2D eigenvalue weighted by atomic mass is 10.1. The molecule has 2 N–H and O–H groups in total. The molecule has 0 spiro atoms. The third-order valence-electron chi connectivity index (χ3n) is 4.75. The lowest BCUT2D eigenvalue weighted by Gasteiger charge is -2.23. The molecule has 0 aliphatic carbocycles. The van der Waals surface area contributed by atoms with Gasteiger partial charge in [0.1, 0.15) is 18.0 Å². The van der Waals surface area contributed by atoms with Crippen LogP contribution in [-0.4, -0.2) is 44.1 Å². The Kier molecular flexibility index (Phi) is 6.39. The molecule has 0 aliphatic rings. The lowest BCUT2D eigenvalue weighted by Crippen LogP contribution is -2.40. The van der Waals surface area contributed by atoms with Crippen molar-refractivity contribution in [2.24, 2.45) is 0 Å². The first-order chi connectivity index (χ1) is 14.0. The highest BCUT2D eigenvalue weighted by Gasteiger charge is 2.20. The van der Waals surface area contributed by atoms with Crippen LogP contribution in [0.4, 0.5) is 5.69 Å². The zero-order valence-corrected chi connectivity index (χ0v) is 16.8. The van der Waals surface area contributed by atoms with Crippen LogP contribution < -0.4 is 19.7 Å². The number of aromatic amines is 1. The Morgan fingerprint density at radius 1 is 1.10 bits per heavy atom. The second-order valence-corrected chi connectivity index (χ2v) is 6.60. The van der Waals surface area contributed by atoms with Crippen molar-refractivity contribution in [2.45, 2.75) is 13.3 Å². The minimum absolute atomic E-state index is 0.104. The average Bonchev–Trinajstić information content (AvgIpc) is 3.14. The molecule has 2 aromatic carbocycles. The second-order valence-electron chi connectivity index (χ2n) is 6.60. The van der Waals surface area contributed by atoms with Gasteiger partial charge >= 0.3 is 0 Å². The van der Waals surface area contributed by atoms with Crippen LogP contribution in [0.25, 0.3) is 10.9 Å². The Morgan fingerprint density at radius 3 is 2.62 bits per heavy atom. The molecule has 152 valence electrons. The van der Waals surface area contributed by atoms with Crippen LogP contribution in [0.3, 0.4) is 0 Å². The highest BCUT2D eigenvalue weighted by Crippen LogP contribution is 2.32. The first-order valence-corrected chi connectivity index (χ1v) is 9.35. The fraction of sp³-hybridized carbons (Fsp3) is 0.273. The largest absolute Gasteiger partial charge is 0.497 e. The number of carbonyl (C=O) groups excluding carboxylic acids is 2. The number of anilines is 1. The monoisotopic (exact) mass is 395 g/mol.